The minimum absolute atomic E-state index is 0.314. The van der Waals surface area contributed by atoms with Gasteiger partial charge in [0.15, 0.2) is 0 Å². The number of rotatable bonds is 5. The molecule has 0 saturated heterocycles. The number of methoxy groups -OCH3 is 1. The fraction of sp³-hybridized carbons (Fsp3) is 0.160. The van der Waals surface area contributed by atoms with Crippen LogP contribution in [0.5, 0.6) is 5.75 Å². The highest BCUT2D eigenvalue weighted by Crippen LogP contribution is 2.41. The van der Waals surface area contributed by atoms with E-state index in [-0.39, 0.29) is 6.03 Å². The molecule has 166 valence electrons. The van der Waals surface area contributed by atoms with Gasteiger partial charge in [-0.1, -0.05) is 12.1 Å². The van der Waals surface area contributed by atoms with E-state index in [9.17, 15) is 4.79 Å². The summed E-state index contributed by atoms with van der Waals surface area (Å²) in [5, 5.41) is 11.9. The monoisotopic (exact) mass is 457 g/mol. The number of carbonyl (C=O) groups excluding carboxylic acids is 1. The number of fused-ring (bicyclic) bond motifs is 1. The van der Waals surface area contributed by atoms with Crippen molar-refractivity contribution in [1.29, 1.82) is 0 Å². The number of carbonyl (C=O) groups is 1. The van der Waals surface area contributed by atoms with Gasteiger partial charge in [0.1, 0.15) is 16.5 Å². The minimum atomic E-state index is -0.314. The number of pyridine rings is 1. The molecule has 4 aromatic rings. The molecule has 2 aromatic carbocycles. The second kappa shape index (κ2) is 9.38. The number of hydrogen-bond donors (Lipinski definition) is 2. The Morgan fingerprint density at radius 3 is 2.58 bits per heavy atom. The van der Waals surface area contributed by atoms with Gasteiger partial charge in [-0.2, -0.15) is 5.10 Å². The lowest BCUT2D eigenvalue weighted by molar-refractivity contribution is 0.262. The lowest BCUT2D eigenvalue weighted by Crippen LogP contribution is -2.19. The Kier molecular flexibility index (Phi) is 5.99. The summed E-state index contributed by atoms with van der Waals surface area (Å²) in [6, 6.07) is 18.7. The molecule has 1 aliphatic rings. The third-order valence-corrected chi connectivity index (χ3v) is 6.55. The van der Waals surface area contributed by atoms with Crippen molar-refractivity contribution in [2.75, 3.05) is 23.5 Å². The van der Waals surface area contributed by atoms with Crippen molar-refractivity contribution in [3.63, 3.8) is 0 Å². The summed E-state index contributed by atoms with van der Waals surface area (Å²) in [7, 11) is 1.61. The first-order chi connectivity index (χ1) is 16.2. The smallest absolute Gasteiger partial charge is 0.323 e. The predicted molar refractivity (Wildman–Crippen MR) is 132 cm³/mol. The summed E-state index contributed by atoms with van der Waals surface area (Å²) in [4.78, 5) is 16.7. The van der Waals surface area contributed by atoms with Crippen LogP contribution in [0.15, 0.2) is 78.1 Å². The molecule has 0 radical (unpaired) electrons. The molecule has 1 aliphatic heterocycles. The van der Waals surface area contributed by atoms with E-state index in [2.05, 4.69) is 20.3 Å². The molecule has 0 bridgehead atoms. The standard InChI is InChI=1S/C25H23N5O2S/c1-32-21-8-6-19(7-9-21)27-25(31)28-20-5-2-4-18(16-20)23-22(17-10-12-26-13-11-17)24-30(29-23)14-3-15-33-24/h2,4-13,16H,3,14-15H2,1H3,(H2,27,28,31). The number of aromatic nitrogens is 3. The highest BCUT2D eigenvalue weighted by Gasteiger charge is 2.23. The van der Waals surface area contributed by atoms with Crippen molar-refractivity contribution in [2.24, 2.45) is 0 Å². The molecule has 2 N–H and O–H groups in total. The summed E-state index contributed by atoms with van der Waals surface area (Å²) in [6.07, 6.45) is 4.71. The predicted octanol–water partition coefficient (Wildman–Crippen LogP) is 5.76. The average molecular weight is 458 g/mol. The Morgan fingerprint density at radius 1 is 1.00 bits per heavy atom. The third kappa shape index (κ3) is 4.56. The molecule has 2 amide bonds. The maximum Gasteiger partial charge on any atom is 0.323 e. The third-order valence-electron chi connectivity index (χ3n) is 5.37. The Hall–Kier alpha value is -3.78. The second-order valence-electron chi connectivity index (χ2n) is 7.58. The van der Waals surface area contributed by atoms with Gasteiger partial charge in [0.25, 0.3) is 0 Å². The van der Waals surface area contributed by atoms with Gasteiger partial charge in [-0.05, 0) is 60.5 Å². The van der Waals surface area contributed by atoms with Crippen LogP contribution in [0.2, 0.25) is 0 Å². The van der Waals surface area contributed by atoms with Gasteiger partial charge in [0.05, 0.1) is 7.11 Å². The maximum absolute atomic E-state index is 12.5. The molecule has 3 heterocycles. The van der Waals surface area contributed by atoms with Gasteiger partial charge in [0, 0.05) is 47.2 Å². The molecular weight excluding hydrogens is 434 g/mol. The summed E-state index contributed by atoms with van der Waals surface area (Å²) in [5.41, 5.74) is 5.44. The first-order valence-electron chi connectivity index (χ1n) is 10.7. The van der Waals surface area contributed by atoms with E-state index >= 15 is 0 Å². The van der Waals surface area contributed by atoms with Crippen LogP contribution in [0.25, 0.3) is 22.4 Å². The number of nitrogens with zero attached hydrogens (tertiary/aromatic N) is 3. The molecule has 33 heavy (non-hydrogen) atoms. The van der Waals surface area contributed by atoms with Gasteiger partial charge in [-0.15, -0.1) is 11.8 Å². The highest BCUT2D eigenvalue weighted by atomic mass is 32.2. The summed E-state index contributed by atoms with van der Waals surface area (Å²) >= 11 is 1.84. The van der Waals surface area contributed by atoms with Crippen LogP contribution in [-0.4, -0.2) is 33.7 Å². The zero-order valence-corrected chi connectivity index (χ0v) is 18.9. The van der Waals surface area contributed by atoms with Crippen molar-refractivity contribution in [3.05, 3.63) is 73.1 Å². The molecule has 2 aromatic heterocycles. The first kappa shape index (κ1) is 21.1. The molecule has 0 spiro atoms. The van der Waals surface area contributed by atoms with E-state index in [1.54, 1.807) is 43.8 Å². The molecule has 8 heteroatoms. The lowest BCUT2D eigenvalue weighted by atomic mass is 10.0. The highest BCUT2D eigenvalue weighted by molar-refractivity contribution is 7.99. The fourth-order valence-electron chi connectivity index (χ4n) is 3.82. The molecular formula is C25H23N5O2S. The van der Waals surface area contributed by atoms with Crippen molar-refractivity contribution < 1.29 is 9.53 Å². The number of aryl methyl sites for hydroxylation is 1. The molecule has 0 unspecified atom stereocenters. The van der Waals surface area contributed by atoms with Crippen molar-refractivity contribution in [1.82, 2.24) is 14.8 Å². The fourth-order valence-corrected chi connectivity index (χ4v) is 4.93. The van der Waals surface area contributed by atoms with Crippen LogP contribution < -0.4 is 15.4 Å². The summed E-state index contributed by atoms with van der Waals surface area (Å²) in [6.45, 7) is 0.905. The second-order valence-corrected chi connectivity index (χ2v) is 8.66. The Morgan fingerprint density at radius 2 is 1.79 bits per heavy atom. The number of amides is 2. The van der Waals surface area contributed by atoms with Crippen LogP contribution in [0.1, 0.15) is 6.42 Å². The van der Waals surface area contributed by atoms with Crippen LogP contribution in [0, 0.1) is 0 Å². The normalized spacial score (nSPS) is 12.6. The van der Waals surface area contributed by atoms with E-state index < -0.39 is 0 Å². The molecule has 5 rings (SSSR count). The largest absolute Gasteiger partial charge is 0.497 e. The van der Waals surface area contributed by atoms with Crippen molar-refractivity contribution in [2.45, 2.75) is 18.0 Å². The van der Waals surface area contributed by atoms with Crippen LogP contribution in [0.4, 0.5) is 16.2 Å². The average Bonchev–Trinajstić information content (AvgIpc) is 3.25. The molecule has 7 nitrogen and oxygen atoms in total. The number of thioether (sulfide) groups is 1. The first-order valence-corrected chi connectivity index (χ1v) is 11.7. The van der Waals surface area contributed by atoms with E-state index in [0.29, 0.717) is 11.4 Å². The Labute approximate surface area is 196 Å². The van der Waals surface area contributed by atoms with Crippen LogP contribution >= 0.6 is 11.8 Å². The van der Waals surface area contributed by atoms with E-state index in [0.717, 1.165) is 46.9 Å². The number of anilines is 2. The lowest BCUT2D eigenvalue weighted by Gasteiger charge is -2.14. The number of nitrogens with one attached hydrogen (secondary N) is 2. The Bertz CT molecular complexity index is 1270. The summed E-state index contributed by atoms with van der Waals surface area (Å²) in [5.74, 6) is 1.82. The maximum atomic E-state index is 12.5. The molecule has 0 atom stereocenters. The number of benzene rings is 2. The van der Waals surface area contributed by atoms with Gasteiger partial charge in [-0.3, -0.25) is 9.67 Å². The van der Waals surface area contributed by atoms with Gasteiger partial charge in [0.2, 0.25) is 0 Å². The van der Waals surface area contributed by atoms with E-state index in [1.165, 1.54) is 5.03 Å². The van der Waals surface area contributed by atoms with Gasteiger partial charge < -0.3 is 15.4 Å². The number of urea groups is 1. The zero-order valence-electron chi connectivity index (χ0n) is 18.1. The summed E-state index contributed by atoms with van der Waals surface area (Å²) < 4.78 is 7.25. The molecule has 0 saturated carbocycles. The van der Waals surface area contributed by atoms with Crippen molar-refractivity contribution >= 4 is 29.2 Å². The zero-order chi connectivity index (χ0) is 22.6. The van der Waals surface area contributed by atoms with Gasteiger partial charge >= 0.3 is 6.03 Å². The number of ether oxygens (including phenoxy) is 1. The Balaban J connectivity index is 1.42. The molecule has 0 fully saturated rings. The van der Waals surface area contributed by atoms with E-state index in [1.807, 2.05) is 48.2 Å². The van der Waals surface area contributed by atoms with Crippen LogP contribution in [0.3, 0.4) is 0 Å². The van der Waals surface area contributed by atoms with Crippen molar-refractivity contribution in [3.8, 4) is 28.1 Å². The molecule has 0 aliphatic carbocycles. The SMILES string of the molecule is COc1ccc(NC(=O)Nc2cccc(-c3nn4c(c3-c3ccncc3)SCCC4)c2)cc1. The van der Waals surface area contributed by atoms with Gasteiger partial charge in [-0.25, -0.2) is 4.79 Å². The quantitative estimate of drug-likeness (QED) is 0.398. The van der Waals surface area contributed by atoms with E-state index in [4.69, 9.17) is 9.84 Å². The topological polar surface area (TPSA) is 81.1 Å². The number of hydrogen-bond acceptors (Lipinski definition) is 5. The van der Waals surface area contributed by atoms with Crippen LogP contribution in [-0.2, 0) is 6.54 Å². The minimum Gasteiger partial charge on any atom is -0.497 e.